The summed E-state index contributed by atoms with van der Waals surface area (Å²) in [6.07, 6.45) is 36.9. The first kappa shape index (κ1) is 46.5. The van der Waals surface area contributed by atoms with Crippen molar-refractivity contribution in [2.24, 2.45) is 5.92 Å². The molecule has 0 aliphatic heterocycles. The van der Waals surface area contributed by atoms with E-state index in [0.717, 1.165) is 57.3 Å². The number of aliphatic hydroxyl groups is 1. The van der Waals surface area contributed by atoms with Gasteiger partial charge in [-0.1, -0.05) is 145 Å². The molecule has 0 aromatic carbocycles. The predicted octanol–water partition coefficient (Wildman–Crippen LogP) is 9.56. The second-order valence-corrected chi connectivity index (χ2v) is 13.7. The number of hydrogen-bond donors (Lipinski definition) is 3. The van der Waals surface area contributed by atoms with Crippen LogP contribution >= 0.6 is 7.82 Å². The molecule has 49 heavy (non-hydrogen) atoms. The van der Waals surface area contributed by atoms with Gasteiger partial charge in [-0.25, -0.2) is 4.57 Å². The predicted molar refractivity (Wildman–Crippen MR) is 199 cm³/mol. The zero-order valence-electron chi connectivity index (χ0n) is 30.3. The minimum atomic E-state index is -4.81. The lowest BCUT2D eigenvalue weighted by molar-refractivity contribution is -0.161. The summed E-state index contributed by atoms with van der Waals surface area (Å²) in [6, 6.07) is 0. The van der Waals surface area contributed by atoms with E-state index in [0.29, 0.717) is 6.42 Å². The van der Waals surface area contributed by atoms with Crippen molar-refractivity contribution in [2.45, 2.75) is 142 Å². The van der Waals surface area contributed by atoms with Crippen LogP contribution in [-0.4, -0.2) is 52.3 Å². The quantitative estimate of drug-likeness (QED) is 0.0211. The lowest BCUT2D eigenvalue weighted by Crippen LogP contribution is -2.29. The first-order valence-corrected chi connectivity index (χ1v) is 19.7. The fraction of sp³-hybridized carbons (Fsp3) is 0.641. The van der Waals surface area contributed by atoms with Crippen molar-refractivity contribution >= 4 is 19.8 Å². The number of phosphoric ester groups is 1. The average Bonchev–Trinajstić information content (AvgIpc) is 3.05. The third kappa shape index (κ3) is 36.6. The molecule has 0 aromatic rings. The number of rotatable bonds is 31. The lowest BCUT2D eigenvalue weighted by atomic mass is 10.0. The second-order valence-electron chi connectivity index (χ2n) is 12.5. The maximum atomic E-state index is 12.3. The Labute approximate surface area is 296 Å². The van der Waals surface area contributed by atoms with Gasteiger partial charge in [-0.2, -0.15) is 0 Å². The summed E-state index contributed by atoms with van der Waals surface area (Å²) in [7, 11) is -4.81. The molecule has 0 aromatic heterocycles. The van der Waals surface area contributed by atoms with Crippen LogP contribution in [0.25, 0.3) is 0 Å². The molecule has 0 saturated carbocycles. The van der Waals surface area contributed by atoms with Crippen LogP contribution < -0.4 is 0 Å². The van der Waals surface area contributed by atoms with Crippen LogP contribution in [0.5, 0.6) is 0 Å². The number of unbranched alkanes of at least 4 members (excludes halogenated alkanes) is 7. The summed E-state index contributed by atoms with van der Waals surface area (Å²) >= 11 is 0. The van der Waals surface area contributed by atoms with Gasteiger partial charge >= 0.3 is 19.8 Å². The highest BCUT2D eigenvalue weighted by Crippen LogP contribution is 2.36. The molecule has 9 nitrogen and oxygen atoms in total. The van der Waals surface area contributed by atoms with Crippen molar-refractivity contribution in [3.05, 3.63) is 72.9 Å². The summed E-state index contributed by atoms with van der Waals surface area (Å²) in [4.78, 5) is 42.6. The van der Waals surface area contributed by atoms with Crippen molar-refractivity contribution in [1.82, 2.24) is 0 Å². The van der Waals surface area contributed by atoms with Crippen LogP contribution in [0.15, 0.2) is 72.9 Å². The van der Waals surface area contributed by atoms with Crippen LogP contribution in [0.1, 0.15) is 130 Å². The van der Waals surface area contributed by atoms with Gasteiger partial charge in [-0.15, -0.1) is 0 Å². The number of allylic oxidation sites excluding steroid dienone is 11. The number of carbonyl (C=O) groups excluding carboxylic acids is 2. The molecule has 0 heterocycles. The highest BCUT2D eigenvalue weighted by Gasteiger charge is 2.23. The molecule has 0 aliphatic rings. The first-order valence-electron chi connectivity index (χ1n) is 18.2. The highest BCUT2D eigenvalue weighted by molar-refractivity contribution is 7.46. The molecule has 0 aliphatic carbocycles. The van der Waals surface area contributed by atoms with Crippen LogP contribution in [0.3, 0.4) is 0 Å². The minimum absolute atomic E-state index is 0.0884. The Bertz CT molecular complexity index is 1050. The monoisotopic (exact) mass is 708 g/mol. The van der Waals surface area contributed by atoms with Gasteiger partial charge in [0.2, 0.25) is 0 Å². The Morgan fingerprint density at radius 3 is 1.73 bits per heavy atom. The van der Waals surface area contributed by atoms with Gasteiger partial charge in [-0.3, -0.25) is 14.1 Å². The summed E-state index contributed by atoms with van der Waals surface area (Å²) in [5.74, 6) is -0.425. The molecule has 0 bridgehead atoms. The van der Waals surface area contributed by atoms with Crippen molar-refractivity contribution in [1.29, 1.82) is 0 Å². The fourth-order valence-corrected chi connectivity index (χ4v) is 4.91. The molecule has 1 unspecified atom stereocenters. The summed E-state index contributed by atoms with van der Waals surface area (Å²) in [6.45, 7) is 5.59. The van der Waals surface area contributed by atoms with E-state index in [9.17, 15) is 19.3 Å². The van der Waals surface area contributed by atoms with E-state index in [4.69, 9.17) is 19.3 Å². The Hall–Kier alpha value is -2.55. The molecule has 3 N–H and O–H groups in total. The highest BCUT2D eigenvalue weighted by atomic mass is 31.2. The zero-order chi connectivity index (χ0) is 36.4. The maximum Gasteiger partial charge on any atom is 0.469 e. The molecule has 0 rings (SSSR count). The van der Waals surface area contributed by atoms with Crippen LogP contribution in [0.4, 0.5) is 0 Å². The minimum Gasteiger partial charge on any atom is -0.462 e. The third-order valence-electron chi connectivity index (χ3n) is 7.29. The molecule has 280 valence electrons. The van der Waals surface area contributed by atoms with Crippen LogP contribution in [0.2, 0.25) is 0 Å². The Kier molecular flexibility index (Phi) is 30.9. The van der Waals surface area contributed by atoms with E-state index >= 15 is 0 Å². The van der Waals surface area contributed by atoms with Crippen LogP contribution in [-0.2, 0) is 28.2 Å². The molecule has 10 heteroatoms. The van der Waals surface area contributed by atoms with Gasteiger partial charge in [0.05, 0.1) is 12.7 Å². The number of esters is 2. The van der Waals surface area contributed by atoms with E-state index in [1.54, 1.807) is 12.2 Å². The summed E-state index contributed by atoms with van der Waals surface area (Å²) < 4.78 is 26.1. The number of ether oxygens (including phenoxy) is 2. The topological polar surface area (TPSA) is 140 Å². The van der Waals surface area contributed by atoms with Crippen molar-refractivity contribution in [2.75, 3.05) is 13.2 Å². The number of phosphoric acid groups is 1. The van der Waals surface area contributed by atoms with E-state index < -0.39 is 45.2 Å². The molecule has 0 fully saturated rings. The fourth-order valence-electron chi connectivity index (χ4n) is 4.55. The van der Waals surface area contributed by atoms with E-state index in [2.05, 4.69) is 73.9 Å². The number of aliphatic hydroxyl groups excluding tert-OH is 1. The van der Waals surface area contributed by atoms with Crippen molar-refractivity contribution in [3.63, 3.8) is 0 Å². The lowest BCUT2D eigenvalue weighted by Gasteiger charge is -2.18. The smallest absolute Gasteiger partial charge is 0.462 e. The molecular weight excluding hydrogens is 643 g/mol. The van der Waals surface area contributed by atoms with Gasteiger partial charge in [0, 0.05) is 12.8 Å². The summed E-state index contributed by atoms with van der Waals surface area (Å²) in [5, 5.41) is 10.2. The zero-order valence-corrected chi connectivity index (χ0v) is 31.2. The van der Waals surface area contributed by atoms with Gasteiger partial charge in [-0.05, 0) is 50.9 Å². The molecule has 2 atom stereocenters. The molecule has 0 amide bonds. The van der Waals surface area contributed by atoms with Gasteiger partial charge in [0.15, 0.2) is 6.10 Å². The number of hydrogen-bond acceptors (Lipinski definition) is 7. The molecular formula is C39H65O9P. The van der Waals surface area contributed by atoms with E-state index in [1.165, 1.54) is 32.1 Å². The van der Waals surface area contributed by atoms with Gasteiger partial charge in [0.25, 0.3) is 0 Å². The Morgan fingerprint density at radius 2 is 1.18 bits per heavy atom. The molecule has 0 spiro atoms. The summed E-state index contributed by atoms with van der Waals surface area (Å²) in [5.41, 5.74) is 0. The van der Waals surface area contributed by atoms with E-state index in [1.807, 2.05) is 12.2 Å². The van der Waals surface area contributed by atoms with E-state index in [-0.39, 0.29) is 19.3 Å². The Morgan fingerprint density at radius 1 is 0.653 bits per heavy atom. The normalized spacial score (nSPS) is 14.1. The second kappa shape index (κ2) is 32.6. The average molecular weight is 709 g/mol. The molecule has 0 radical (unpaired) electrons. The van der Waals surface area contributed by atoms with Gasteiger partial charge < -0.3 is 24.4 Å². The number of carbonyl (C=O) groups is 2. The van der Waals surface area contributed by atoms with Crippen molar-refractivity contribution in [3.8, 4) is 0 Å². The largest absolute Gasteiger partial charge is 0.469 e. The Balaban J connectivity index is 4.26. The van der Waals surface area contributed by atoms with Crippen LogP contribution in [0, 0.1) is 5.92 Å². The maximum absolute atomic E-state index is 12.3. The third-order valence-corrected chi connectivity index (χ3v) is 7.77. The molecule has 0 saturated heterocycles. The van der Waals surface area contributed by atoms with Crippen molar-refractivity contribution < 1.29 is 43.0 Å². The first-order chi connectivity index (χ1) is 23.5. The standard InChI is InChI=1S/C39H65O9P/c1-4-5-6-7-8-9-10-11-12-13-14-15-16-20-23-26-29-36(40)31-32-38(41)46-33-37(34-47-49(43,44)45)48-39(42)30-27-24-21-18-17-19-22-25-28-35(2)3/h5-6,8-9,11-12,14-15,20,23,26,29,35-37,40H,4,7,10,13,16-19,21-22,24-25,27-28,30-34H2,1-3H3,(H2,43,44,45)/b6-5-,9-8-,12-11-,15-14-,23-20-,29-26-/t36?,37-/m1/s1. The van der Waals surface area contributed by atoms with Gasteiger partial charge in [0.1, 0.15) is 6.61 Å². The SMILES string of the molecule is CC/C=C\C/C=C\C/C=C\C/C=C\C/C=C\C=C/C(O)CCC(=O)OC[C@H](COP(=O)(O)O)OC(=O)CCCCCCCCCCC(C)C.